The van der Waals surface area contributed by atoms with Crippen LogP contribution in [0.15, 0.2) is 0 Å². The summed E-state index contributed by atoms with van der Waals surface area (Å²) < 4.78 is 5.43. The van der Waals surface area contributed by atoms with Crippen LogP contribution in [0.4, 0.5) is 0 Å². The van der Waals surface area contributed by atoms with Crippen molar-refractivity contribution in [3.63, 3.8) is 0 Å². The fourth-order valence-electron chi connectivity index (χ4n) is 1.72. The first-order chi connectivity index (χ1) is 7.08. The molecule has 0 heterocycles. The average Bonchev–Trinajstić information content (AvgIpc) is 2.08. The van der Waals surface area contributed by atoms with Gasteiger partial charge in [0.05, 0.1) is 12.6 Å². The zero-order valence-corrected chi connectivity index (χ0v) is 10.7. The minimum absolute atomic E-state index is 0.0162. The monoisotopic (exact) mass is 231 g/mol. The fourth-order valence-corrected chi connectivity index (χ4v) is 2.66. The summed E-state index contributed by atoms with van der Waals surface area (Å²) in [5.74, 6) is -0.152. The van der Waals surface area contributed by atoms with E-state index in [2.05, 4.69) is 11.6 Å². The van der Waals surface area contributed by atoms with Crippen molar-refractivity contribution in [3.8, 4) is 0 Å². The van der Waals surface area contributed by atoms with Gasteiger partial charge in [-0.2, -0.15) is 11.8 Å². The number of esters is 1. The van der Waals surface area contributed by atoms with Crippen LogP contribution in [0.5, 0.6) is 0 Å². The van der Waals surface area contributed by atoms with Crippen LogP contribution in [0.1, 0.15) is 33.1 Å². The van der Waals surface area contributed by atoms with Crippen LogP contribution in [0.3, 0.4) is 0 Å². The summed E-state index contributed by atoms with van der Waals surface area (Å²) >= 11 is 1.91. The Morgan fingerprint density at radius 2 is 2.20 bits per heavy atom. The molecule has 0 aliphatic heterocycles. The Morgan fingerprint density at radius 3 is 2.60 bits per heavy atom. The van der Waals surface area contributed by atoms with Gasteiger partial charge in [0.2, 0.25) is 0 Å². The third kappa shape index (κ3) is 4.03. The number of nitrogens with one attached hydrogen (secondary N) is 1. The largest absolute Gasteiger partial charge is 0.462 e. The lowest BCUT2D eigenvalue weighted by atomic mass is 9.84. The molecular weight excluding hydrogens is 210 g/mol. The Balaban J connectivity index is 2.12. The van der Waals surface area contributed by atoms with Gasteiger partial charge in [0, 0.05) is 11.3 Å². The smallest absolute Gasteiger partial charge is 0.320 e. The second-order valence-corrected chi connectivity index (χ2v) is 5.66. The summed E-state index contributed by atoms with van der Waals surface area (Å²) in [7, 11) is 0. The average molecular weight is 231 g/mol. The Hall–Kier alpha value is -0.220. The summed E-state index contributed by atoms with van der Waals surface area (Å²) in [4.78, 5) is 11.2. The van der Waals surface area contributed by atoms with Crippen molar-refractivity contribution in [2.45, 2.75) is 44.0 Å². The molecule has 4 heteroatoms. The van der Waals surface area contributed by atoms with E-state index in [4.69, 9.17) is 4.74 Å². The Labute approximate surface area is 96.3 Å². The maximum Gasteiger partial charge on any atom is 0.320 e. The molecule has 0 radical (unpaired) electrons. The van der Waals surface area contributed by atoms with Crippen molar-refractivity contribution in [2.24, 2.45) is 0 Å². The van der Waals surface area contributed by atoms with Crippen LogP contribution in [0.2, 0.25) is 0 Å². The quantitative estimate of drug-likeness (QED) is 0.708. The number of ether oxygens (including phenoxy) is 1. The molecule has 1 rings (SSSR count). The standard InChI is InChI=1S/C11H21NO2S/c1-9(2)14-10(13)7-12-8-11(15-3)5-4-6-11/h9,12H,4-8H2,1-3H3. The van der Waals surface area contributed by atoms with E-state index in [1.807, 2.05) is 25.6 Å². The van der Waals surface area contributed by atoms with Crippen molar-refractivity contribution < 1.29 is 9.53 Å². The van der Waals surface area contributed by atoms with E-state index in [1.165, 1.54) is 19.3 Å². The Morgan fingerprint density at radius 1 is 1.53 bits per heavy atom. The normalized spacial score (nSPS) is 18.7. The van der Waals surface area contributed by atoms with E-state index < -0.39 is 0 Å². The molecule has 1 fully saturated rings. The number of carbonyl (C=O) groups excluding carboxylic acids is 1. The number of carbonyl (C=O) groups is 1. The number of hydrogen-bond donors (Lipinski definition) is 1. The topological polar surface area (TPSA) is 38.3 Å². The van der Waals surface area contributed by atoms with E-state index in [0.29, 0.717) is 11.3 Å². The van der Waals surface area contributed by atoms with Crippen LogP contribution in [-0.2, 0) is 9.53 Å². The van der Waals surface area contributed by atoms with Gasteiger partial charge >= 0.3 is 5.97 Å². The van der Waals surface area contributed by atoms with Gasteiger partial charge in [0.15, 0.2) is 0 Å². The van der Waals surface area contributed by atoms with Gasteiger partial charge < -0.3 is 10.1 Å². The Bertz CT molecular complexity index is 209. The molecule has 0 aromatic heterocycles. The van der Waals surface area contributed by atoms with Crippen molar-refractivity contribution in [2.75, 3.05) is 19.3 Å². The molecule has 3 nitrogen and oxygen atoms in total. The minimum atomic E-state index is -0.152. The lowest BCUT2D eigenvalue weighted by Crippen LogP contribution is -2.44. The van der Waals surface area contributed by atoms with E-state index in [0.717, 1.165) is 6.54 Å². The Kier molecular flexibility index (Phi) is 4.93. The predicted octanol–water partition coefficient (Wildman–Crippen LogP) is 1.81. The molecule has 0 unspecified atom stereocenters. The van der Waals surface area contributed by atoms with Gasteiger partial charge in [-0.25, -0.2) is 0 Å². The van der Waals surface area contributed by atoms with Crippen molar-refractivity contribution in [1.82, 2.24) is 5.32 Å². The van der Waals surface area contributed by atoms with Crippen LogP contribution in [0, 0.1) is 0 Å². The molecular formula is C11H21NO2S. The highest BCUT2D eigenvalue weighted by atomic mass is 32.2. The maximum absolute atomic E-state index is 11.2. The highest BCUT2D eigenvalue weighted by molar-refractivity contribution is 8.00. The zero-order valence-electron chi connectivity index (χ0n) is 9.84. The SMILES string of the molecule is CSC1(CNCC(=O)OC(C)C)CCC1. The lowest BCUT2D eigenvalue weighted by Gasteiger charge is -2.40. The summed E-state index contributed by atoms with van der Waals surface area (Å²) in [5.41, 5.74) is 0. The molecule has 0 aromatic carbocycles. The van der Waals surface area contributed by atoms with Crippen LogP contribution >= 0.6 is 11.8 Å². The lowest BCUT2D eigenvalue weighted by molar-refractivity contribution is -0.146. The summed E-state index contributed by atoms with van der Waals surface area (Å²) in [6.45, 7) is 4.99. The number of rotatable bonds is 6. The van der Waals surface area contributed by atoms with Gasteiger partial charge in [-0.05, 0) is 32.9 Å². The van der Waals surface area contributed by atoms with E-state index in [9.17, 15) is 4.79 Å². The van der Waals surface area contributed by atoms with Crippen LogP contribution < -0.4 is 5.32 Å². The molecule has 0 atom stereocenters. The highest BCUT2D eigenvalue weighted by Gasteiger charge is 2.35. The first-order valence-electron chi connectivity index (χ1n) is 5.53. The molecule has 0 aromatic rings. The second-order valence-electron chi connectivity index (χ2n) is 4.38. The minimum Gasteiger partial charge on any atom is -0.462 e. The fraction of sp³-hybridized carbons (Fsp3) is 0.909. The van der Waals surface area contributed by atoms with E-state index in [-0.39, 0.29) is 12.1 Å². The van der Waals surface area contributed by atoms with Crippen LogP contribution in [0.25, 0.3) is 0 Å². The first-order valence-corrected chi connectivity index (χ1v) is 6.76. The summed E-state index contributed by atoms with van der Waals surface area (Å²) in [5, 5.41) is 3.19. The molecule has 0 amide bonds. The van der Waals surface area contributed by atoms with E-state index in [1.54, 1.807) is 0 Å². The predicted molar refractivity (Wildman–Crippen MR) is 64.2 cm³/mol. The van der Waals surface area contributed by atoms with Crippen LogP contribution in [-0.4, -0.2) is 36.2 Å². The van der Waals surface area contributed by atoms with Gasteiger partial charge in [-0.1, -0.05) is 6.42 Å². The van der Waals surface area contributed by atoms with Gasteiger partial charge in [-0.3, -0.25) is 4.79 Å². The maximum atomic E-state index is 11.2. The number of hydrogen-bond acceptors (Lipinski definition) is 4. The second kappa shape index (κ2) is 5.75. The van der Waals surface area contributed by atoms with Gasteiger partial charge in [0.1, 0.15) is 0 Å². The highest BCUT2D eigenvalue weighted by Crippen LogP contribution is 2.41. The van der Waals surface area contributed by atoms with Gasteiger partial charge in [0.25, 0.3) is 0 Å². The third-order valence-corrected chi connectivity index (χ3v) is 4.20. The van der Waals surface area contributed by atoms with Crippen molar-refractivity contribution in [1.29, 1.82) is 0 Å². The van der Waals surface area contributed by atoms with E-state index >= 15 is 0 Å². The zero-order chi connectivity index (χ0) is 11.3. The molecule has 88 valence electrons. The molecule has 1 N–H and O–H groups in total. The number of thioether (sulfide) groups is 1. The first kappa shape index (κ1) is 12.8. The third-order valence-electron chi connectivity index (χ3n) is 2.78. The molecule has 15 heavy (non-hydrogen) atoms. The molecule has 0 bridgehead atoms. The van der Waals surface area contributed by atoms with Gasteiger partial charge in [-0.15, -0.1) is 0 Å². The molecule has 1 aliphatic carbocycles. The summed E-state index contributed by atoms with van der Waals surface area (Å²) in [6, 6.07) is 0. The molecule has 1 saturated carbocycles. The summed E-state index contributed by atoms with van der Waals surface area (Å²) in [6.07, 6.45) is 5.98. The van der Waals surface area contributed by atoms with Crippen molar-refractivity contribution in [3.05, 3.63) is 0 Å². The molecule has 0 saturated heterocycles. The van der Waals surface area contributed by atoms with Crippen molar-refractivity contribution >= 4 is 17.7 Å². The molecule has 1 aliphatic rings. The molecule has 0 spiro atoms.